The van der Waals surface area contributed by atoms with Gasteiger partial charge in [0.2, 0.25) is 0 Å². The van der Waals surface area contributed by atoms with Gasteiger partial charge in [0.15, 0.2) is 0 Å². The van der Waals surface area contributed by atoms with Gasteiger partial charge in [-0.15, -0.1) is 0 Å². The van der Waals surface area contributed by atoms with E-state index in [1.165, 1.54) is 4.48 Å². The van der Waals surface area contributed by atoms with Gasteiger partial charge in [-0.1, -0.05) is 40.3 Å². The molecule has 0 heterocycles. The van der Waals surface area contributed by atoms with E-state index in [1.54, 1.807) is 0 Å². The summed E-state index contributed by atoms with van der Waals surface area (Å²) >= 11 is 8.28. The van der Waals surface area contributed by atoms with Gasteiger partial charge in [-0.05, 0) is 6.08 Å². The van der Waals surface area contributed by atoms with Gasteiger partial charge in [-0.2, -0.15) is 0 Å². The van der Waals surface area contributed by atoms with Crippen LogP contribution in [0.3, 0.4) is 0 Å². The lowest BCUT2D eigenvalue weighted by Gasteiger charge is -1.99. The van der Waals surface area contributed by atoms with Crippen molar-refractivity contribution >= 4 is 33.0 Å². The van der Waals surface area contributed by atoms with Gasteiger partial charge in [0.1, 0.15) is 0 Å². The van der Waals surface area contributed by atoms with Crippen molar-refractivity contribution in [1.82, 2.24) is 0 Å². The molecular formula is C6H5BrS. The molecule has 0 unspecified atom stereocenters. The molecule has 0 radical (unpaired) electrons. The summed E-state index contributed by atoms with van der Waals surface area (Å²) in [4.78, 5) is 0.999. The Labute approximate surface area is 62.4 Å². The SMILES string of the molecule is S=C1C=CC=C(Br)C1. The summed E-state index contributed by atoms with van der Waals surface area (Å²) in [7, 11) is 0. The van der Waals surface area contributed by atoms with Crippen molar-refractivity contribution in [1.29, 1.82) is 0 Å². The van der Waals surface area contributed by atoms with Gasteiger partial charge < -0.3 is 0 Å². The number of hydrogen-bond donors (Lipinski definition) is 0. The highest BCUT2D eigenvalue weighted by Crippen LogP contribution is 2.15. The first-order valence-corrected chi connectivity index (χ1v) is 3.55. The van der Waals surface area contributed by atoms with Gasteiger partial charge in [0, 0.05) is 15.8 Å². The third kappa shape index (κ3) is 1.53. The number of rotatable bonds is 0. The molecule has 0 aromatic carbocycles. The Bertz CT molecular complexity index is 167. The zero-order valence-corrected chi connectivity index (χ0v) is 6.63. The lowest BCUT2D eigenvalue weighted by Crippen LogP contribution is -1.91. The Morgan fingerprint density at radius 3 is 2.75 bits per heavy atom. The Balaban J connectivity index is 2.73. The molecule has 0 fully saturated rings. The number of thiocarbonyl (C=S) groups is 1. The summed E-state index contributed by atoms with van der Waals surface area (Å²) in [6, 6.07) is 0. The summed E-state index contributed by atoms with van der Waals surface area (Å²) in [6.07, 6.45) is 6.80. The largest absolute Gasteiger partial charge is 0.0845 e. The van der Waals surface area contributed by atoms with Gasteiger partial charge >= 0.3 is 0 Å². The van der Waals surface area contributed by atoms with Gasteiger partial charge in [0.05, 0.1) is 0 Å². The van der Waals surface area contributed by atoms with E-state index in [4.69, 9.17) is 12.2 Å². The van der Waals surface area contributed by atoms with E-state index in [9.17, 15) is 0 Å². The molecule has 0 N–H and O–H groups in total. The maximum absolute atomic E-state index is 4.93. The minimum absolute atomic E-state index is 0.895. The van der Waals surface area contributed by atoms with Crippen LogP contribution in [0.2, 0.25) is 0 Å². The molecule has 0 aromatic rings. The average Bonchev–Trinajstić information content (AvgIpc) is 1.64. The molecule has 0 saturated carbocycles. The van der Waals surface area contributed by atoms with Gasteiger partial charge in [0.25, 0.3) is 0 Å². The summed E-state index contributed by atoms with van der Waals surface area (Å²) < 4.78 is 1.17. The van der Waals surface area contributed by atoms with E-state index in [0.29, 0.717) is 0 Å². The molecule has 42 valence electrons. The highest BCUT2D eigenvalue weighted by atomic mass is 79.9. The fourth-order valence-corrected chi connectivity index (χ4v) is 1.42. The van der Waals surface area contributed by atoms with Crippen molar-refractivity contribution in [3.05, 3.63) is 22.7 Å². The number of halogens is 1. The van der Waals surface area contributed by atoms with Crippen LogP contribution in [0.5, 0.6) is 0 Å². The normalized spacial score (nSPS) is 18.6. The third-order valence-corrected chi connectivity index (χ3v) is 1.73. The second kappa shape index (κ2) is 2.55. The molecule has 1 rings (SSSR count). The van der Waals surface area contributed by atoms with Crippen LogP contribution in [0.4, 0.5) is 0 Å². The quantitative estimate of drug-likeness (QED) is 0.528. The highest BCUT2D eigenvalue weighted by Gasteiger charge is 1.97. The van der Waals surface area contributed by atoms with E-state index in [0.717, 1.165) is 11.3 Å². The second-order valence-corrected chi connectivity index (χ2v) is 3.16. The molecule has 0 atom stereocenters. The number of hydrogen-bond acceptors (Lipinski definition) is 1. The summed E-state index contributed by atoms with van der Waals surface area (Å²) in [5.74, 6) is 0. The van der Waals surface area contributed by atoms with Crippen LogP contribution >= 0.6 is 28.1 Å². The van der Waals surface area contributed by atoms with E-state index in [2.05, 4.69) is 15.9 Å². The highest BCUT2D eigenvalue weighted by molar-refractivity contribution is 9.11. The molecule has 0 spiro atoms. The van der Waals surface area contributed by atoms with Crippen LogP contribution in [0, 0.1) is 0 Å². The predicted octanol–water partition coefficient (Wildman–Crippen LogP) is 2.60. The Morgan fingerprint density at radius 1 is 1.62 bits per heavy atom. The average molecular weight is 189 g/mol. The molecule has 0 aliphatic heterocycles. The second-order valence-electron chi connectivity index (χ2n) is 1.62. The third-order valence-electron chi connectivity index (χ3n) is 0.902. The molecule has 8 heavy (non-hydrogen) atoms. The molecule has 0 nitrogen and oxygen atoms in total. The van der Waals surface area contributed by atoms with Crippen LogP contribution in [0.1, 0.15) is 6.42 Å². The predicted molar refractivity (Wildman–Crippen MR) is 43.4 cm³/mol. The summed E-state index contributed by atoms with van der Waals surface area (Å²) in [6.45, 7) is 0. The Morgan fingerprint density at radius 2 is 2.38 bits per heavy atom. The minimum Gasteiger partial charge on any atom is -0.0845 e. The summed E-state index contributed by atoms with van der Waals surface area (Å²) in [5, 5.41) is 0. The smallest absolute Gasteiger partial charge is 0.0201 e. The van der Waals surface area contributed by atoms with Crippen LogP contribution in [-0.4, -0.2) is 4.86 Å². The lowest BCUT2D eigenvalue weighted by molar-refractivity contribution is 1.47. The molecule has 0 aromatic heterocycles. The zero-order valence-electron chi connectivity index (χ0n) is 4.23. The molecule has 0 bridgehead atoms. The van der Waals surface area contributed by atoms with E-state index >= 15 is 0 Å². The topological polar surface area (TPSA) is 0 Å². The molecular weight excluding hydrogens is 184 g/mol. The Hall–Kier alpha value is 0.0500. The van der Waals surface area contributed by atoms with E-state index < -0.39 is 0 Å². The van der Waals surface area contributed by atoms with Crippen LogP contribution < -0.4 is 0 Å². The van der Waals surface area contributed by atoms with Crippen molar-refractivity contribution in [2.24, 2.45) is 0 Å². The first-order chi connectivity index (χ1) is 3.79. The maximum Gasteiger partial charge on any atom is 0.0201 e. The fourth-order valence-electron chi connectivity index (χ4n) is 0.544. The van der Waals surface area contributed by atoms with Crippen LogP contribution in [0.25, 0.3) is 0 Å². The summed E-state index contributed by atoms with van der Waals surface area (Å²) in [5.41, 5.74) is 0. The molecule has 1 aliphatic rings. The van der Waals surface area contributed by atoms with Crippen LogP contribution in [0.15, 0.2) is 22.7 Å². The van der Waals surface area contributed by atoms with Crippen molar-refractivity contribution in [2.45, 2.75) is 6.42 Å². The molecule has 1 aliphatic carbocycles. The first-order valence-electron chi connectivity index (χ1n) is 2.34. The monoisotopic (exact) mass is 188 g/mol. The fraction of sp³-hybridized carbons (Fsp3) is 0.167. The van der Waals surface area contributed by atoms with Crippen molar-refractivity contribution < 1.29 is 0 Å². The minimum atomic E-state index is 0.895. The van der Waals surface area contributed by atoms with Crippen molar-refractivity contribution in [3.8, 4) is 0 Å². The van der Waals surface area contributed by atoms with Crippen molar-refractivity contribution in [3.63, 3.8) is 0 Å². The first kappa shape index (κ1) is 6.17. The zero-order chi connectivity index (χ0) is 5.98. The van der Waals surface area contributed by atoms with E-state index in [1.807, 2.05) is 18.2 Å². The standard InChI is InChI=1S/C6H5BrS/c7-5-2-1-3-6(8)4-5/h1-3H,4H2. The van der Waals surface area contributed by atoms with E-state index in [-0.39, 0.29) is 0 Å². The lowest BCUT2D eigenvalue weighted by atomic mass is 10.2. The molecule has 0 amide bonds. The van der Waals surface area contributed by atoms with Gasteiger partial charge in [-0.25, -0.2) is 0 Å². The van der Waals surface area contributed by atoms with Crippen molar-refractivity contribution in [2.75, 3.05) is 0 Å². The molecule has 0 saturated heterocycles. The number of allylic oxidation sites excluding steroid dienone is 4. The van der Waals surface area contributed by atoms with Crippen LogP contribution in [-0.2, 0) is 0 Å². The maximum atomic E-state index is 4.93. The van der Waals surface area contributed by atoms with Gasteiger partial charge in [-0.3, -0.25) is 0 Å². The Kier molecular flexibility index (Phi) is 1.97. The molecule has 2 heteroatoms.